The van der Waals surface area contributed by atoms with E-state index >= 15 is 0 Å². The lowest BCUT2D eigenvalue weighted by Gasteiger charge is -2.26. The van der Waals surface area contributed by atoms with Crippen molar-refractivity contribution in [1.82, 2.24) is 4.90 Å². The molecule has 0 aliphatic carbocycles. The predicted molar refractivity (Wildman–Crippen MR) is 124 cm³/mol. The number of carbonyl (C=O) groups is 2. The molecule has 0 bridgehead atoms. The average Bonchev–Trinajstić information content (AvgIpc) is 2.84. The Morgan fingerprint density at radius 2 is 1.85 bits per heavy atom. The van der Waals surface area contributed by atoms with Gasteiger partial charge in [0, 0.05) is 18.8 Å². The maximum atomic E-state index is 12.6. The minimum absolute atomic E-state index is 0.0329. The Morgan fingerprint density at radius 1 is 1.12 bits per heavy atom. The first-order chi connectivity index (χ1) is 16.0. The highest BCUT2D eigenvalue weighted by Crippen LogP contribution is 2.29. The van der Waals surface area contributed by atoms with E-state index in [-0.39, 0.29) is 24.0 Å². The van der Waals surface area contributed by atoms with Crippen LogP contribution in [0.5, 0.6) is 11.5 Å². The van der Waals surface area contributed by atoms with Crippen molar-refractivity contribution in [2.75, 3.05) is 44.8 Å². The number of carbonyl (C=O) groups excluding carboxylic acids is 2. The van der Waals surface area contributed by atoms with Gasteiger partial charge in [-0.05, 0) is 49.8 Å². The molecule has 1 aliphatic rings. The summed E-state index contributed by atoms with van der Waals surface area (Å²) in [6.45, 7) is 5.84. The number of rotatable bonds is 8. The third-order valence-corrected chi connectivity index (χ3v) is 4.92. The molecule has 0 spiro atoms. The molecule has 0 saturated carbocycles. The first-order valence-electron chi connectivity index (χ1n) is 10.7. The molecule has 8 heteroatoms. The Labute approximate surface area is 193 Å². The van der Waals surface area contributed by atoms with Gasteiger partial charge in [0.25, 0.3) is 11.8 Å². The summed E-state index contributed by atoms with van der Waals surface area (Å²) in [6.07, 6.45) is 1.52. The summed E-state index contributed by atoms with van der Waals surface area (Å²) >= 11 is 0. The topological polar surface area (TPSA) is 101 Å². The molecule has 3 rings (SSSR count). The summed E-state index contributed by atoms with van der Waals surface area (Å²) in [5.74, 6) is 0.191. The third-order valence-electron chi connectivity index (χ3n) is 4.92. The van der Waals surface area contributed by atoms with Gasteiger partial charge in [-0.3, -0.25) is 9.59 Å². The van der Waals surface area contributed by atoms with Crippen LogP contribution in [-0.2, 0) is 14.3 Å². The molecule has 8 nitrogen and oxygen atoms in total. The van der Waals surface area contributed by atoms with E-state index in [0.717, 1.165) is 5.56 Å². The van der Waals surface area contributed by atoms with Gasteiger partial charge in [-0.1, -0.05) is 23.8 Å². The van der Waals surface area contributed by atoms with Gasteiger partial charge in [-0.2, -0.15) is 5.26 Å². The normalized spacial score (nSPS) is 13.7. The van der Waals surface area contributed by atoms with Crippen molar-refractivity contribution < 1.29 is 23.8 Å². The molecule has 1 fully saturated rings. The molecule has 1 aliphatic heterocycles. The van der Waals surface area contributed by atoms with Gasteiger partial charge >= 0.3 is 0 Å². The Bertz CT molecular complexity index is 1050. The minimum Gasteiger partial charge on any atom is -0.490 e. The molecular weight excluding hydrogens is 422 g/mol. The van der Waals surface area contributed by atoms with E-state index in [9.17, 15) is 14.9 Å². The van der Waals surface area contributed by atoms with E-state index < -0.39 is 0 Å². The Morgan fingerprint density at radius 3 is 2.52 bits per heavy atom. The average molecular weight is 450 g/mol. The van der Waals surface area contributed by atoms with Crippen molar-refractivity contribution in [2.45, 2.75) is 13.8 Å². The quantitative estimate of drug-likeness (QED) is 0.491. The van der Waals surface area contributed by atoms with Crippen LogP contribution in [-0.4, -0.2) is 56.2 Å². The number of morpholine rings is 1. The summed E-state index contributed by atoms with van der Waals surface area (Å²) in [4.78, 5) is 26.5. The van der Waals surface area contributed by atoms with Crippen LogP contribution < -0.4 is 14.8 Å². The molecule has 0 unspecified atom stereocenters. The number of ether oxygens (including phenoxy) is 3. The van der Waals surface area contributed by atoms with E-state index in [4.69, 9.17) is 14.2 Å². The van der Waals surface area contributed by atoms with Crippen LogP contribution in [0.1, 0.15) is 18.1 Å². The molecule has 1 saturated heterocycles. The zero-order chi connectivity index (χ0) is 23.6. The number of amides is 2. The Balaban J connectivity index is 1.69. The molecule has 0 aromatic heterocycles. The lowest BCUT2D eigenvalue weighted by atomic mass is 10.1. The van der Waals surface area contributed by atoms with Crippen molar-refractivity contribution in [3.05, 3.63) is 59.2 Å². The first kappa shape index (κ1) is 23.8. The lowest BCUT2D eigenvalue weighted by molar-refractivity contribution is -0.130. The van der Waals surface area contributed by atoms with Gasteiger partial charge in [0.2, 0.25) is 0 Å². The summed E-state index contributed by atoms with van der Waals surface area (Å²) in [6, 6.07) is 14.5. The van der Waals surface area contributed by atoms with Crippen molar-refractivity contribution in [3.8, 4) is 17.6 Å². The summed E-state index contributed by atoms with van der Waals surface area (Å²) < 4.78 is 16.6. The Hall–Kier alpha value is -3.83. The standard InChI is InChI=1S/C25H27N3O5/c1-3-32-23-15-19(14-20(16-26)25(30)28-10-12-31-13-11-28)6-9-22(23)33-17-24(29)27-21-7-4-18(2)5-8-21/h4-9,14-15H,3,10-13,17H2,1-2H3,(H,27,29). The molecule has 0 atom stereocenters. The van der Waals surface area contributed by atoms with Crippen molar-refractivity contribution in [3.63, 3.8) is 0 Å². The largest absolute Gasteiger partial charge is 0.490 e. The van der Waals surface area contributed by atoms with Gasteiger partial charge in [0.1, 0.15) is 11.6 Å². The van der Waals surface area contributed by atoms with Crippen molar-refractivity contribution in [1.29, 1.82) is 5.26 Å². The lowest BCUT2D eigenvalue weighted by Crippen LogP contribution is -2.41. The number of nitriles is 1. The highest BCUT2D eigenvalue weighted by atomic mass is 16.5. The minimum atomic E-state index is -0.327. The van der Waals surface area contributed by atoms with Gasteiger partial charge in [-0.15, -0.1) is 0 Å². The summed E-state index contributed by atoms with van der Waals surface area (Å²) in [5, 5.41) is 12.3. The molecule has 2 amide bonds. The number of nitrogens with one attached hydrogen (secondary N) is 1. The van der Waals surface area contributed by atoms with E-state index in [1.165, 1.54) is 6.08 Å². The van der Waals surface area contributed by atoms with Crippen LogP contribution in [0.2, 0.25) is 0 Å². The highest BCUT2D eigenvalue weighted by molar-refractivity contribution is 6.01. The zero-order valence-electron chi connectivity index (χ0n) is 18.8. The fourth-order valence-electron chi connectivity index (χ4n) is 3.22. The highest BCUT2D eigenvalue weighted by Gasteiger charge is 2.21. The monoisotopic (exact) mass is 449 g/mol. The van der Waals surface area contributed by atoms with Crippen LogP contribution in [0.3, 0.4) is 0 Å². The van der Waals surface area contributed by atoms with Gasteiger partial charge in [0.05, 0.1) is 19.8 Å². The molecule has 33 heavy (non-hydrogen) atoms. The predicted octanol–water partition coefficient (Wildman–Crippen LogP) is 3.18. The van der Waals surface area contributed by atoms with Crippen molar-refractivity contribution >= 4 is 23.6 Å². The Kier molecular flexibility index (Phi) is 8.44. The van der Waals surface area contributed by atoms with E-state index in [1.807, 2.05) is 44.2 Å². The molecular formula is C25H27N3O5. The number of nitrogens with zero attached hydrogens (tertiary/aromatic N) is 2. The molecule has 0 radical (unpaired) electrons. The second-order valence-electron chi connectivity index (χ2n) is 7.42. The van der Waals surface area contributed by atoms with E-state index in [0.29, 0.717) is 55.7 Å². The second-order valence-corrected chi connectivity index (χ2v) is 7.42. The number of aryl methyl sites for hydroxylation is 1. The zero-order valence-corrected chi connectivity index (χ0v) is 18.8. The number of hydrogen-bond acceptors (Lipinski definition) is 6. The van der Waals surface area contributed by atoms with Crippen molar-refractivity contribution in [2.24, 2.45) is 0 Å². The fraction of sp³-hybridized carbons (Fsp3) is 0.320. The maximum Gasteiger partial charge on any atom is 0.264 e. The molecule has 172 valence electrons. The van der Waals surface area contributed by atoms with Crippen LogP contribution in [0.25, 0.3) is 6.08 Å². The SMILES string of the molecule is CCOc1cc(C=C(C#N)C(=O)N2CCOCC2)ccc1OCC(=O)Nc1ccc(C)cc1. The van der Waals surface area contributed by atoms with E-state index in [2.05, 4.69) is 5.32 Å². The smallest absolute Gasteiger partial charge is 0.264 e. The van der Waals surface area contributed by atoms with Gasteiger partial charge in [0.15, 0.2) is 18.1 Å². The molecule has 2 aromatic rings. The first-order valence-corrected chi connectivity index (χ1v) is 10.7. The number of hydrogen-bond donors (Lipinski definition) is 1. The summed E-state index contributed by atoms with van der Waals surface area (Å²) in [7, 11) is 0. The number of anilines is 1. The van der Waals surface area contributed by atoms with Crippen LogP contribution in [0, 0.1) is 18.3 Å². The third kappa shape index (κ3) is 6.82. The molecule has 1 N–H and O–H groups in total. The summed E-state index contributed by atoms with van der Waals surface area (Å²) in [5.41, 5.74) is 2.44. The fourth-order valence-corrected chi connectivity index (χ4v) is 3.22. The maximum absolute atomic E-state index is 12.6. The molecule has 2 aromatic carbocycles. The van der Waals surface area contributed by atoms with E-state index in [1.54, 1.807) is 23.1 Å². The van der Waals surface area contributed by atoms with Gasteiger partial charge in [-0.25, -0.2) is 0 Å². The van der Waals surface area contributed by atoms with Crippen LogP contribution >= 0.6 is 0 Å². The second kappa shape index (κ2) is 11.7. The van der Waals surface area contributed by atoms with Gasteiger partial charge < -0.3 is 24.4 Å². The van der Waals surface area contributed by atoms with Crippen LogP contribution in [0.15, 0.2) is 48.0 Å². The van der Waals surface area contributed by atoms with Crippen LogP contribution in [0.4, 0.5) is 5.69 Å². The molecule has 1 heterocycles. The number of benzene rings is 2.